The molecule has 1 saturated heterocycles. The molecule has 1 fully saturated rings. The first-order valence-corrected chi connectivity index (χ1v) is 6.94. The van der Waals surface area contributed by atoms with Gasteiger partial charge in [-0.2, -0.15) is 0 Å². The molecule has 0 spiro atoms. The van der Waals surface area contributed by atoms with E-state index in [1.165, 1.54) is 12.8 Å². The number of nitrogens with zero attached hydrogens (tertiary/aromatic N) is 4. The van der Waals surface area contributed by atoms with Gasteiger partial charge in [-0.05, 0) is 46.7 Å². The van der Waals surface area contributed by atoms with E-state index in [0.29, 0.717) is 12.4 Å². The molecule has 0 amide bonds. The van der Waals surface area contributed by atoms with Crippen molar-refractivity contribution in [2.75, 3.05) is 26.2 Å². The number of rotatable bonds is 5. The monoisotopic (exact) mass is 266 g/mol. The maximum absolute atomic E-state index is 11.9. The van der Waals surface area contributed by atoms with Crippen LogP contribution < -0.4 is 0 Å². The van der Waals surface area contributed by atoms with Gasteiger partial charge in [0.25, 0.3) is 0 Å². The molecule has 0 N–H and O–H groups in total. The van der Waals surface area contributed by atoms with E-state index in [9.17, 15) is 4.79 Å². The Hall–Kier alpha value is -1.43. The molecule has 19 heavy (non-hydrogen) atoms. The summed E-state index contributed by atoms with van der Waals surface area (Å²) in [5, 5.41) is 7.96. The fourth-order valence-electron chi connectivity index (χ4n) is 2.65. The fraction of sp³-hybridized carbons (Fsp3) is 0.769. The number of carbonyl (C=O) groups is 1. The van der Waals surface area contributed by atoms with E-state index in [-0.39, 0.29) is 6.04 Å². The second-order valence-corrected chi connectivity index (χ2v) is 5.02. The highest BCUT2D eigenvalue weighted by Gasteiger charge is 2.23. The number of aromatic nitrogens is 3. The highest BCUT2D eigenvalue weighted by atomic mass is 16.5. The van der Waals surface area contributed by atoms with Gasteiger partial charge in [-0.15, -0.1) is 10.2 Å². The summed E-state index contributed by atoms with van der Waals surface area (Å²) in [4.78, 5) is 14.3. The average molecular weight is 266 g/mol. The zero-order valence-electron chi connectivity index (χ0n) is 11.9. The van der Waals surface area contributed by atoms with Gasteiger partial charge in [-0.25, -0.2) is 4.79 Å². The summed E-state index contributed by atoms with van der Waals surface area (Å²) >= 11 is 0. The van der Waals surface area contributed by atoms with Gasteiger partial charge >= 0.3 is 5.97 Å². The van der Waals surface area contributed by atoms with Crippen molar-refractivity contribution < 1.29 is 9.53 Å². The van der Waals surface area contributed by atoms with Gasteiger partial charge in [0, 0.05) is 12.6 Å². The number of aryl methyl sites for hydroxylation is 1. The Morgan fingerprint density at radius 3 is 2.68 bits per heavy atom. The second-order valence-electron chi connectivity index (χ2n) is 5.02. The molecule has 6 heteroatoms. The van der Waals surface area contributed by atoms with Crippen LogP contribution in [0.3, 0.4) is 0 Å². The molecule has 0 radical (unpaired) electrons. The molecule has 2 rings (SSSR count). The first-order valence-electron chi connectivity index (χ1n) is 6.94. The van der Waals surface area contributed by atoms with Crippen molar-refractivity contribution in [3.8, 4) is 0 Å². The number of likely N-dealkylation sites (tertiary alicyclic amines) is 1. The Kier molecular flexibility index (Phi) is 4.52. The van der Waals surface area contributed by atoms with Crippen molar-refractivity contribution in [2.45, 2.75) is 39.7 Å². The third kappa shape index (κ3) is 3.12. The summed E-state index contributed by atoms with van der Waals surface area (Å²) in [5.41, 5.74) is 0. The molecule has 0 saturated carbocycles. The topological polar surface area (TPSA) is 60.2 Å². The van der Waals surface area contributed by atoms with Crippen molar-refractivity contribution in [1.82, 2.24) is 19.7 Å². The average Bonchev–Trinajstić information content (AvgIpc) is 2.98. The third-order valence-corrected chi connectivity index (χ3v) is 3.49. The van der Waals surface area contributed by atoms with Crippen LogP contribution in [0, 0.1) is 6.92 Å². The van der Waals surface area contributed by atoms with Crippen molar-refractivity contribution in [2.24, 2.45) is 0 Å². The zero-order valence-corrected chi connectivity index (χ0v) is 11.9. The van der Waals surface area contributed by atoms with Crippen LogP contribution in [0.25, 0.3) is 0 Å². The van der Waals surface area contributed by atoms with Crippen LogP contribution in [-0.2, 0) is 4.74 Å². The minimum atomic E-state index is -0.392. The summed E-state index contributed by atoms with van der Waals surface area (Å²) < 4.78 is 6.91. The number of hydrogen-bond acceptors (Lipinski definition) is 5. The maximum Gasteiger partial charge on any atom is 0.376 e. The van der Waals surface area contributed by atoms with Crippen LogP contribution in [0.15, 0.2) is 0 Å². The highest BCUT2D eigenvalue weighted by Crippen LogP contribution is 2.17. The second kappa shape index (κ2) is 6.14. The van der Waals surface area contributed by atoms with Gasteiger partial charge in [0.05, 0.1) is 6.61 Å². The Balaban J connectivity index is 2.13. The normalized spacial score (nSPS) is 17.6. The van der Waals surface area contributed by atoms with Gasteiger partial charge in [0.15, 0.2) is 0 Å². The van der Waals surface area contributed by atoms with Gasteiger partial charge in [0.2, 0.25) is 5.82 Å². The van der Waals surface area contributed by atoms with E-state index in [4.69, 9.17) is 4.74 Å². The van der Waals surface area contributed by atoms with Gasteiger partial charge in [-0.3, -0.25) is 0 Å². The van der Waals surface area contributed by atoms with Crippen LogP contribution in [0.2, 0.25) is 0 Å². The SMILES string of the molecule is CCOC(=O)c1nnc(C)n1C(C)CN1CCCC1. The predicted molar refractivity (Wildman–Crippen MR) is 71.1 cm³/mol. The fourth-order valence-corrected chi connectivity index (χ4v) is 2.65. The van der Waals surface area contributed by atoms with Crippen molar-refractivity contribution in [1.29, 1.82) is 0 Å². The summed E-state index contributed by atoms with van der Waals surface area (Å²) in [6, 6.07) is 0.174. The van der Waals surface area contributed by atoms with E-state index >= 15 is 0 Å². The van der Waals surface area contributed by atoms with E-state index in [1.807, 2.05) is 11.5 Å². The maximum atomic E-state index is 11.9. The molecular weight excluding hydrogens is 244 g/mol. The molecule has 0 aromatic carbocycles. The molecule has 0 bridgehead atoms. The molecule has 1 aromatic heterocycles. The number of hydrogen-bond donors (Lipinski definition) is 0. The first kappa shape index (κ1) is 14.0. The van der Waals surface area contributed by atoms with Crippen LogP contribution in [0.5, 0.6) is 0 Å². The molecule has 0 aliphatic carbocycles. The first-order chi connectivity index (χ1) is 9.13. The predicted octanol–water partition coefficient (Wildman–Crippen LogP) is 1.42. The Bertz CT molecular complexity index is 438. The summed E-state index contributed by atoms with van der Waals surface area (Å²) in [7, 11) is 0. The lowest BCUT2D eigenvalue weighted by Gasteiger charge is -2.22. The van der Waals surface area contributed by atoms with Crippen LogP contribution in [0.4, 0.5) is 0 Å². The van der Waals surface area contributed by atoms with Crippen molar-refractivity contribution in [3.63, 3.8) is 0 Å². The lowest BCUT2D eigenvalue weighted by molar-refractivity contribution is 0.0502. The molecule has 1 atom stereocenters. The molecular formula is C13H22N4O2. The molecule has 106 valence electrons. The van der Waals surface area contributed by atoms with E-state index in [2.05, 4.69) is 22.0 Å². The van der Waals surface area contributed by atoms with E-state index in [0.717, 1.165) is 25.5 Å². The largest absolute Gasteiger partial charge is 0.460 e. The molecule has 1 aliphatic rings. The molecule has 1 aromatic rings. The molecule has 1 unspecified atom stereocenters. The number of carbonyl (C=O) groups excluding carboxylic acids is 1. The Morgan fingerprint density at radius 1 is 1.37 bits per heavy atom. The van der Waals surface area contributed by atoms with Crippen molar-refractivity contribution in [3.05, 3.63) is 11.6 Å². The Morgan fingerprint density at radius 2 is 2.05 bits per heavy atom. The lowest BCUT2D eigenvalue weighted by Crippen LogP contribution is -2.29. The highest BCUT2D eigenvalue weighted by molar-refractivity contribution is 5.85. The van der Waals surface area contributed by atoms with E-state index < -0.39 is 5.97 Å². The van der Waals surface area contributed by atoms with Crippen LogP contribution >= 0.6 is 0 Å². The quantitative estimate of drug-likeness (QED) is 0.754. The third-order valence-electron chi connectivity index (χ3n) is 3.49. The lowest BCUT2D eigenvalue weighted by atomic mass is 10.3. The van der Waals surface area contributed by atoms with E-state index in [1.54, 1.807) is 6.92 Å². The Labute approximate surface area is 113 Å². The minimum absolute atomic E-state index is 0.174. The van der Waals surface area contributed by atoms with Gasteiger partial charge in [-0.1, -0.05) is 0 Å². The minimum Gasteiger partial charge on any atom is -0.460 e. The van der Waals surface area contributed by atoms with Crippen LogP contribution in [0.1, 0.15) is 49.2 Å². The summed E-state index contributed by atoms with van der Waals surface area (Å²) in [6.07, 6.45) is 2.53. The number of esters is 1. The smallest absolute Gasteiger partial charge is 0.376 e. The standard InChI is InChI=1S/C13H22N4O2/c1-4-19-13(18)12-15-14-11(3)17(12)10(2)9-16-7-5-6-8-16/h10H,4-9H2,1-3H3. The van der Waals surface area contributed by atoms with Gasteiger partial charge < -0.3 is 14.2 Å². The van der Waals surface area contributed by atoms with Gasteiger partial charge in [0.1, 0.15) is 5.82 Å². The zero-order chi connectivity index (χ0) is 13.8. The van der Waals surface area contributed by atoms with Crippen molar-refractivity contribution >= 4 is 5.97 Å². The summed E-state index contributed by atoms with van der Waals surface area (Å²) in [6.45, 7) is 9.31. The number of ether oxygens (including phenoxy) is 1. The van der Waals surface area contributed by atoms with Crippen LogP contribution in [-0.4, -0.2) is 51.9 Å². The summed E-state index contributed by atoms with van der Waals surface area (Å²) in [5.74, 6) is 0.678. The molecule has 2 heterocycles. The molecule has 1 aliphatic heterocycles. The molecule has 6 nitrogen and oxygen atoms in total.